The lowest BCUT2D eigenvalue weighted by molar-refractivity contribution is -0.150. The standard InChI is InChI=1S/C17H25NO4S/c1-9-18-15-10(6-14(21)22)16(2)5-4-13(20)17(3,8-19)12(16)7-11(15)23-9/h10,12-13,19-20H,4-8H2,1-3H3,(H,21,22). The van der Waals surface area contributed by atoms with Crippen LogP contribution in [0.4, 0.5) is 0 Å². The highest BCUT2D eigenvalue weighted by atomic mass is 32.1. The number of aliphatic hydroxyl groups excluding tert-OH is 2. The summed E-state index contributed by atoms with van der Waals surface area (Å²) < 4.78 is 0. The van der Waals surface area contributed by atoms with Gasteiger partial charge in [-0.3, -0.25) is 4.79 Å². The minimum absolute atomic E-state index is 0.0560. The van der Waals surface area contributed by atoms with Crippen molar-refractivity contribution in [2.24, 2.45) is 16.7 Å². The molecule has 1 aromatic heterocycles. The molecule has 2 aliphatic rings. The second-order valence-corrected chi connectivity index (χ2v) is 8.96. The Morgan fingerprint density at radius 2 is 2.13 bits per heavy atom. The number of carboxylic acid groups (broad SMARTS) is 1. The number of hydrogen-bond acceptors (Lipinski definition) is 5. The number of hydrogen-bond donors (Lipinski definition) is 3. The fourth-order valence-electron chi connectivity index (χ4n) is 4.94. The normalized spacial score (nSPS) is 39.6. The molecule has 0 radical (unpaired) electrons. The highest BCUT2D eigenvalue weighted by Crippen LogP contribution is 2.62. The Morgan fingerprint density at radius 1 is 1.43 bits per heavy atom. The Hall–Kier alpha value is -0.980. The zero-order valence-corrected chi connectivity index (χ0v) is 14.7. The number of carboxylic acids is 1. The Bertz CT molecular complexity index is 630. The van der Waals surface area contributed by atoms with E-state index in [0.717, 1.165) is 28.4 Å². The van der Waals surface area contributed by atoms with Crippen molar-refractivity contribution in [1.29, 1.82) is 0 Å². The van der Waals surface area contributed by atoms with Crippen molar-refractivity contribution in [3.63, 3.8) is 0 Å². The molecule has 0 saturated heterocycles. The molecule has 0 bridgehead atoms. The van der Waals surface area contributed by atoms with Gasteiger partial charge in [0.25, 0.3) is 0 Å². The molecule has 1 heterocycles. The van der Waals surface area contributed by atoms with Gasteiger partial charge in [-0.05, 0) is 37.5 Å². The molecule has 0 amide bonds. The number of aliphatic hydroxyl groups is 2. The highest BCUT2D eigenvalue weighted by molar-refractivity contribution is 7.11. The molecule has 0 aromatic carbocycles. The minimum atomic E-state index is -0.815. The van der Waals surface area contributed by atoms with Crippen LogP contribution >= 0.6 is 11.3 Å². The van der Waals surface area contributed by atoms with Crippen molar-refractivity contribution in [2.75, 3.05) is 6.61 Å². The van der Waals surface area contributed by atoms with Crippen LogP contribution in [0.1, 0.15) is 54.6 Å². The fourth-order valence-corrected chi connectivity index (χ4v) is 5.99. The molecule has 5 atom stereocenters. The third-order valence-electron chi connectivity index (χ3n) is 6.38. The summed E-state index contributed by atoms with van der Waals surface area (Å²) in [7, 11) is 0. The number of thiazole rings is 1. The van der Waals surface area contributed by atoms with Crippen LogP contribution in [-0.2, 0) is 11.2 Å². The number of aliphatic carboxylic acids is 1. The SMILES string of the molecule is Cc1nc2c(s1)CC1C(C)(CO)C(O)CCC1(C)C2CC(=O)O. The Labute approximate surface area is 140 Å². The van der Waals surface area contributed by atoms with E-state index in [1.54, 1.807) is 11.3 Å². The monoisotopic (exact) mass is 339 g/mol. The van der Waals surface area contributed by atoms with Gasteiger partial charge in [0.05, 0.1) is 29.8 Å². The summed E-state index contributed by atoms with van der Waals surface area (Å²) in [5, 5.41) is 30.9. The Balaban J connectivity index is 2.13. The van der Waals surface area contributed by atoms with Crippen molar-refractivity contribution in [3.8, 4) is 0 Å². The van der Waals surface area contributed by atoms with Gasteiger partial charge in [0.15, 0.2) is 0 Å². The van der Waals surface area contributed by atoms with E-state index in [9.17, 15) is 20.1 Å². The van der Waals surface area contributed by atoms with E-state index >= 15 is 0 Å². The van der Waals surface area contributed by atoms with Gasteiger partial charge in [-0.25, -0.2) is 4.98 Å². The predicted octanol–water partition coefficient (Wildman–Crippen LogP) is 2.34. The lowest BCUT2D eigenvalue weighted by Crippen LogP contribution is -2.57. The first-order valence-corrected chi connectivity index (χ1v) is 9.01. The van der Waals surface area contributed by atoms with Crippen molar-refractivity contribution in [2.45, 2.75) is 58.5 Å². The van der Waals surface area contributed by atoms with E-state index in [4.69, 9.17) is 0 Å². The molecule has 1 aromatic rings. The van der Waals surface area contributed by atoms with Crippen molar-refractivity contribution in [1.82, 2.24) is 4.98 Å². The van der Waals surface area contributed by atoms with Gasteiger partial charge in [-0.1, -0.05) is 13.8 Å². The summed E-state index contributed by atoms with van der Waals surface area (Å²) in [6, 6.07) is 0. The first-order valence-electron chi connectivity index (χ1n) is 8.19. The van der Waals surface area contributed by atoms with E-state index < -0.39 is 17.5 Å². The first-order chi connectivity index (χ1) is 10.7. The molecule has 3 rings (SSSR count). The molecule has 5 unspecified atom stereocenters. The predicted molar refractivity (Wildman–Crippen MR) is 87.6 cm³/mol. The molecule has 2 aliphatic carbocycles. The maximum atomic E-state index is 11.5. The molecular weight excluding hydrogens is 314 g/mol. The average Bonchev–Trinajstić information content (AvgIpc) is 2.85. The van der Waals surface area contributed by atoms with Gasteiger partial charge in [-0.2, -0.15) is 0 Å². The topological polar surface area (TPSA) is 90.7 Å². The van der Waals surface area contributed by atoms with Gasteiger partial charge in [0, 0.05) is 16.2 Å². The van der Waals surface area contributed by atoms with Gasteiger partial charge in [0.2, 0.25) is 0 Å². The summed E-state index contributed by atoms with van der Waals surface area (Å²) in [6.07, 6.45) is 1.63. The van der Waals surface area contributed by atoms with Crippen LogP contribution < -0.4 is 0 Å². The summed E-state index contributed by atoms with van der Waals surface area (Å²) in [6.45, 7) is 5.94. The van der Waals surface area contributed by atoms with Crippen molar-refractivity contribution in [3.05, 3.63) is 15.6 Å². The van der Waals surface area contributed by atoms with E-state index in [1.807, 2.05) is 13.8 Å². The van der Waals surface area contributed by atoms with Crippen LogP contribution in [0.25, 0.3) is 0 Å². The van der Waals surface area contributed by atoms with Crippen LogP contribution in [0.2, 0.25) is 0 Å². The van der Waals surface area contributed by atoms with E-state index in [1.165, 1.54) is 0 Å². The zero-order chi connectivity index (χ0) is 17.0. The number of aryl methyl sites for hydroxylation is 1. The van der Waals surface area contributed by atoms with Gasteiger partial charge >= 0.3 is 5.97 Å². The summed E-state index contributed by atoms with van der Waals surface area (Å²) in [4.78, 5) is 17.2. The average molecular weight is 339 g/mol. The number of fused-ring (bicyclic) bond motifs is 2. The van der Waals surface area contributed by atoms with Crippen LogP contribution in [0, 0.1) is 23.7 Å². The largest absolute Gasteiger partial charge is 0.481 e. The van der Waals surface area contributed by atoms with E-state index in [-0.39, 0.29) is 30.3 Å². The minimum Gasteiger partial charge on any atom is -0.481 e. The van der Waals surface area contributed by atoms with E-state index in [0.29, 0.717) is 6.42 Å². The third-order valence-corrected chi connectivity index (χ3v) is 7.39. The number of carbonyl (C=O) groups is 1. The zero-order valence-electron chi connectivity index (χ0n) is 13.9. The quantitative estimate of drug-likeness (QED) is 0.786. The molecule has 6 heteroatoms. The number of aromatic nitrogens is 1. The third kappa shape index (κ3) is 2.42. The summed E-state index contributed by atoms with van der Waals surface area (Å²) >= 11 is 1.62. The molecule has 128 valence electrons. The Morgan fingerprint density at radius 3 is 2.74 bits per heavy atom. The van der Waals surface area contributed by atoms with Crippen LogP contribution in [0.5, 0.6) is 0 Å². The van der Waals surface area contributed by atoms with Gasteiger partial charge in [0.1, 0.15) is 0 Å². The fraction of sp³-hybridized carbons (Fsp3) is 0.765. The van der Waals surface area contributed by atoms with Crippen LogP contribution in [-0.4, -0.2) is 39.0 Å². The van der Waals surface area contributed by atoms with Gasteiger partial charge < -0.3 is 15.3 Å². The first kappa shape index (κ1) is 16.9. The molecular formula is C17H25NO4S. The van der Waals surface area contributed by atoms with E-state index in [2.05, 4.69) is 11.9 Å². The van der Waals surface area contributed by atoms with Crippen molar-refractivity contribution >= 4 is 17.3 Å². The maximum absolute atomic E-state index is 11.5. The van der Waals surface area contributed by atoms with Crippen molar-refractivity contribution < 1.29 is 20.1 Å². The highest BCUT2D eigenvalue weighted by Gasteiger charge is 2.59. The second kappa shape index (κ2) is 5.53. The maximum Gasteiger partial charge on any atom is 0.304 e. The molecule has 23 heavy (non-hydrogen) atoms. The smallest absolute Gasteiger partial charge is 0.304 e. The summed E-state index contributed by atoms with van der Waals surface area (Å²) in [5.41, 5.74) is 0.0763. The molecule has 0 spiro atoms. The molecule has 1 saturated carbocycles. The second-order valence-electron chi connectivity index (χ2n) is 7.67. The van der Waals surface area contributed by atoms with Gasteiger partial charge in [-0.15, -0.1) is 11.3 Å². The lowest BCUT2D eigenvalue weighted by Gasteiger charge is -2.58. The number of nitrogens with zero attached hydrogens (tertiary/aromatic N) is 1. The Kier molecular flexibility index (Phi) is 4.06. The summed E-state index contributed by atoms with van der Waals surface area (Å²) in [5.74, 6) is -0.914. The molecule has 1 fully saturated rings. The lowest BCUT2D eigenvalue weighted by atomic mass is 9.47. The van der Waals surface area contributed by atoms with Crippen LogP contribution in [0.3, 0.4) is 0 Å². The molecule has 3 N–H and O–H groups in total. The number of rotatable bonds is 3. The molecule has 0 aliphatic heterocycles. The molecule has 5 nitrogen and oxygen atoms in total. The van der Waals surface area contributed by atoms with Crippen LogP contribution in [0.15, 0.2) is 0 Å².